The lowest BCUT2D eigenvalue weighted by atomic mass is 10.2. The van der Waals surface area contributed by atoms with Crippen LogP contribution < -0.4 is 10.1 Å². The zero-order valence-corrected chi connectivity index (χ0v) is 12.9. The number of benzene rings is 2. The van der Waals surface area contributed by atoms with E-state index in [2.05, 4.69) is 10.5 Å². The van der Waals surface area contributed by atoms with Crippen LogP contribution in [0.15, 0.2) is 53.7 Å². The summed E-state index contributed by atoms with van der Waals surface area (Å²) in [5.41, 5.74) is 0.998. The van der Waals surface area contributed by atoms with E-state index >= 15 is 0 Å². The zero-order valence-electron chi connectivity index (χ0n) is 12.9. The molecule has 0 radical (unpaired) electrons. The minimum absolute atomic E-state index is 0.00702. The molecular formula is C17H16N2O5. The molecule has 0 unspecified atom stereocenters. The number of anilines is 1. The third-order valence-corrected chi connectivity index (χ3v) is 3.02. The number of hydrogen-bond acceptors (Lipinski definition) is 5. The molecule has 0 bridgehead atoms. The first-order valence-corrected chi connectivity index (χ1v) is 7.01. The van der Waals surface area contributed by atoms with Crippen LogP contribution in [0.3, 0.4) is 0 Å². The molecule has 2 aromatic rings. The number of carboxylic acid groups (broad SMARTS) is 1. The standard InChI is InChI=1S/C17H16N2O5/c1-23-13-8-6-12(7-9-13)10-18-24-11-16(20)19-15-5-3-2-4-14(15)17(21)22/h2-10H,11H2,1H3,(H,19,20)(H,21,22). The number of nitrogens with one attached hydrogen (secondary N) is 1. The second kappa shape index (κ2) is 8.33. The molecular weight excluding hydrogens is 312 g/mol. The second-order valence-corrected chi connectivity index (χ2v) is 4.68. The van der Waals surface area contributed by atoms with Crippen molar-refractivity contribution in [2.24, 2.45) is 5.16 Å². The molecule has 0 fully saturated rings. The Morgan fingerprint density at radius 3 is 2.54 bits per heavy atom. The van der Waals surface area contributed by atoms with E-state index in [9.17, 15) is 9.59 Å². The van der Waals surface area contributed by atoms with Gasteiger partial charge in [-0.1, -0.05) is 17.3 Å². The normalized spacial score (nSPS) is 10.4. The summed E-state index contributed by atoms with van der Waals surface area (Å²) in [6.07, 6.45) is 1.46. The molecule has 0 aliphatic heterocycles. The molecule has 2 aromatic carbocycles. The monoisotopic (exact) mass is 328 g/mol. The highest BCUT2D eigenvalue weighted by Gasteiger charge is 2.11. The quantitative estimate of drug-likeness (QED) is 0.601. The zero-order chi connectivity index (χ0) is 17.4. The number of carboxylic acids is 1. The Balaban J connectivity index is 1.85. The number of carbonyl (C=O) groups is 2. The van der Waals surface area contributed by atoms with Gasteiger partial charge in [0, 0.05) is 0 Å². The topological polar surface area (TPSA) is 97.2 Å². The minimum atomic E-state index is -1.12. The second-order valence-electron chi connectivity index (χ2n) is 4.68. The maximum atomic E-state index is 11.8. The highest BCUT2D eigenvalue weighted by molar-refractivity contribution is 6.00. The van der Waals surface area contributed by atoms with Crippen molar-refractivity contribution in [3.8, 4) is 5.75 Å². The number of nitrogens with zero attached hydrogens (tertiary/aromatic N) is 1. The fourth-order valence-electron chi connectivity index (χ4n) is 1.85. The third kappa shape index (κ3) is 4.84. The van der Waals surface area contributed by atoms with Gasteiger partial charge in [-0.25, -0.2) is 4.79 Å². The van der Waals surface area contributed by atoms with Crippen LogP contribution in [0.25, 0.3) is 0 Å². The van der Waals surface area contributed by atoms with E-state index < -0.39 is 11.9 Å². The molecule has 0 heterocycles. The van der Waals surface area contributed by atoms with Gasteiger partial charge in [-0.3, -0.25) is 4.79 Å². The number of amides is 1. The van der Waals surface area contributed by atoms with Crippen molar-refractivity contribution in [1.29, 1.82) is 0 Å². The first-order chi connectivity index (χ1) is 11.6. The number of para-hydroxylation sites is 1. The van der Waals surface area contributed by atoms with E-state index in [0.29, 0.717) is 0 Å². The average molecular weight is 328 g/mol. The van der Waals surface area contributed by atoms with Crippen LogP contribution in [0.4, 0.5) is 5.69 Å². The van der Waals surface area contributed by atoms with E-state index in [1.807, 2.05) is 0 Å². The number of aromatic carboxylic acids is 1. The predicted octanol–water partition coefficient (Wildman–Crippen LogP) is 2.38. The molecule has 124 valence electrons. The molecule has 7 nitrogen and oxygen atoms in total. The van der Waals surface area contributed by atoms with Crippen LogP contribution in [0.5, 0.6) is 5.75 Å². The van der Waals surface area contributed by atoms with E-state index in [0.717, 1.165) is 11.3 Å². The molecule has 0 aromatic heterocycles. The maximum absolute atomic E-state index is 11.8. The smallest absolute Gasteiger partial charge is 0.337 e. The Hall–Kier alpha value is -3.35. The predicted molar refractivity (Wildman–Crippen MR) is 88.6 cm³/mol. The largest absolute Gasteiger partial charge is 0.497 e. The molecule has 0 saturated carbocycles. The highest BCUT2D eigenvalue weighted by atomic mass is 16.6. The molecule has 0 saturated heterocycles. The number of oxime groups is 1. The lowest BCUT2D eigenvalue weighted by molar-refractivity contribution is -0.120. The van der Waals surface area contributed by atoms with Crippen molar-refractivity contribution in [3.05, 3.63) is 59.7 Å². The lowest BCUT2D eigenvalue weighted by Gasteiger charge is -2.07. The summed E-state index contributed by atoms with van der Waals surface area (Å²) >= 11 is 0. The van der Waals surface area contributed by atoms with Gasteiger partial charge < -0.3 is 20.0 Å². The Labute approximate surface area is 138 Å². The SMILES string of the molecule is COc1ccc(C=NOCC(=O)Nc2ccccc2C(=O)O)cc1. The molecule has 2 rings (SSSR count). The van der Waals surface area contributed by atoms with Crippen LogP contribution in [-0.4, -0.2) is 36.9 Å². The van der Waals surface area contributed by atoms with Crippen molar-refractivity contribution in [1.82, 2.24) is 0 Å². The van der Waals surface area contributed by atoms with Gasteiger partial charge >= 0.3 is 5.97 Å². The van der Waals surface area contributed by atoms with Gasteiger partial charge in [0.15, 0.2) is 6.61 Å². The molecule has 0 aliphatic carbocycles. The third-order valence-electron chi connectivity index (χ3n) is 3.02. The van der Waals surface area contributed by atoms with E-state index in [1.54, 1.807) is 43.5 Å². The molecule has 24 heavy (non-hydrogen) atoms. The molecule has 0 aliphatic rings. The Morgan fingerprint density at radius 1 is 1.17 bits per heavy atom. The number of rotatable bonds is 7. The van der Waals surface area contributed by atoms with E-state index in [-0.39, 0.29) is 17.9 Å². The molecule has 7 heteroatoms. The lowest BCUT2D eigenvalue weighted by Crippen LogP contribution is -2.18. The van der Waals surface area contributed by atoms with E-state index in [1.165, 1.54) is 18.3 Å². The van der Waals surface area contributed by atoms with Crippen molar-refractivity contribution >= 4 is 23.8 Å². The van der Waals surface area contributed by atoms with Crippen molar-refractivity contribution in [2.45, 2.75) is 0 Å². The van der Waals surface area contributed by atoms with Gasteiger partial charge in [-0.05, 0) is 42.0 Å². The molecule has 1 amide bonds. The Bertz CT molecular complexity index is 741. The Kier molecular flexibility index (Phi) is 5.90. The molecule has 2 N–H and O–H groups in total. The molecule has 0 atom stereocenters. The van der Waals surface area contributed by atoms with Crippen LogP contribution in [0.1, 0.15) is 15.9 Å². The summed E-state index contributed by atoms with van der Waals surface area (Å²) < 4.78 is 5.04. The number of ether oxygens (including phenoxy) is 1. The van der Waals surface area contributed by atoms with Crippen molar-refractivity contribution in [3.63, 3.8) is 0 Å². The summed E-state index contributed by atoms with van der Waals surface area (Å²) in [4.78, 5) is 27.7. The summed E-state index contributed by atoms with van der Waals surface area (Å²) in [7, 11) is 1.58. The van der Waals surface area contributed by atoms with Crippen LogP contribution >= 0.6 is 0 Å². The number of methoxy groups -OCH3 is 1. The van der Waals surface area contributed by atoms with Gasteiger partial charge in [0.05, 0.1) is 24.6 Å². The maximum Gasteiger partial charge on any atom is 0.337 e. The fraction of sp³-hybridized carbons (Fsp3) is 0.118. The van der Waals surface area contributed by atoms with Gasteiger partial charge in [-0.2, -0.15) is 0 Å². The van der Waals surface area contributed by atoms with Crippen LogP contribution in [-0.2, 0) is 9.63 Å². The summed E-state index contributed by atoms with van der Waals surface area (Å²) in [6, 6.07) is 13.2. The van der Waals surface area contributed by atoms with Gasteiger partial charge in [0.2, 0.25) is 0 Å². The summed E-state index contributed by atoms with van der Waals surface area (Å²) in [5.74, 6) is -0.899. The average Bonchev–Trinajstić information content (AvgIpc) is 2.59. The fourth-order valence-corrected chi connectivity index (χ4v) is 1.85. The van der Waals surface area contributed by atoms with Crippen LogP contribution in [0.2, 0.25) is 0 Å². The number of carbonyl (C=O) groups excluding carboxylic acids is 1. The van der Waals surface area contributed by atoms with E-state index in [4.69, 9.17) is 14.7 Å². The Morgan fingerprint density at radius 2 is 1.88 bits per heavy atom. The summed E-state index contributed by atoms with van der Waals surface area (Å²) in [5, 5.41) is 15.2. The van der Waals surface area contributed by atoms with Crippen molar-refractivity contribution in [2.75, 3.05) is 19.0 Å². The highest BCUT2D eigenvalue weighted by Crippen LogP contribution is 2.14. The molecule has 0 spiro atoms. The van der Waals surface area contributed by atoms with Crippen LogP contribution in [0, 0.1) is 0 Å². The van der Waals surface area contributed by atoms with Gasteiger partial charge in [0.1, 0.15) is 5.75 Å². The van der Waals surface area contributed by atoms with Gasteiger partial charge in [0.25, 0.3) is 5.91 Å². The minimum Gasteiger partial charge on any atom is -0.497 e. The number of hydrogen-bond donors (Lipinski definition) is 2. The van der Waals surface area contributed by atoms with Crippen molar-refractivity contribution < 1.29 is 24.3 Å². The van der Waals surface area contributed by atoms with Gasteiger partial charge in [-0.15, -0.1) is 0 Å². The first-order valence-electron chi connectivity index (χ1n) is 7.01. The first kappa shape index (κ1) is 17.0. The summed E-state index contributed by atoms with van der Waals surface area (Å²) in [6.45, 7) is -0.333.